The quantitative estimate of drug-likeness (QED) is 0.793. The molecule has 0 atom stereocenters. The SMILES string of the molecule is CCOc1ccccc1CNC(=O)N1CCC(Oc2ccc(Cl)cc2)CC1. The van der Waals surface area contributed by atoms with Gasteiger partial charge in [0.2, 0.25) is 0 Å². The van der Waals surface area contributed by atoms with Crippen molar-refractivity contribution in [2.45, 2.75) is 32.4 Å². The summed E-state index contributed by atoms with van der Waals surface area (Å²) >= 11 is 5.90. The summed E-state index contributed by atoms with van der Waals surface area (Å²) in [6.45, 7) is 4.36. The lowest BCUT2D eigenvalue weighted by Gasteiger charge is -2.32. The highest BCUT2D eigenvalue weighted by atomic mass is 35.5. The highest BCUT2D eigenvalue weighted by molar-refractivity contribution is 6.30. The molecule has 3 rings (SSSR count). The van der Waals surface area contributed by atoms with Gasteiger partial charge in [-0.2, -0.15) is 0 Å². The number of nitrogens with zero attached hydrogens (tertiary/aromatic N) is 1. The van der Waals surface area contributed by atoms with Crippen molar-refractivity contribution in [1.29, 1.82) is 0 Å². The molecule has 1 N–H and O–H groups in total. The highest BCUT2D eigenvalue weighted by Crippen LogP contribution is 2.21. The molecule has 1 aliphatic rings. The predicted octanol–water partition coefficient (Wildman–Crippen LogP) is 4.49. The number of ether oxygens (including phenoxy) is 2. The van der Waals surface area contributed by atoms with Crippen LogP contribution in [0.25, 0.3) is 0 Å². The number of carbonyl (C=O) groups is 1. The number of halogens is 1. The van der Waals surface area contributed by atoms with Crippen LogP contribution in [0.15, 0.2) is 48.5 Å². The normalized spacial score (nSPS) is 14.7. The van der Waals surface area contributed by atoms with Crippen molar-refractivity contribution >= 4 is 17.6 Å². The molecule has 0 aromatic heterocycles. The Bertz CT molecular complexity index is 743. The summed E-state index contributed by atoms with van der Waals surface area (Å²) in [6.07, 6.45) is 1.74. The van der Waals surface area contributed by atoms with Crippen LogP contribution < -0.4 is 14.8 Å². The monoisotopic (exact) mass is 388 g/mol. The fraction of sp³-hybridized carbons (Fsp3) is 0.381. The number of hydrogen-bond donors (Lipinski definition) is 1. The van der Waals surface area contributed by atoms with Crippen molar-refractivity contribution < 1.29 is 14.3 Å². The van der Waals surface area contributed by atoms with E-state index in [-0.39, 0.29) is 12.1 Å². The van der Waals surface area contributed by atoms with Gasteiger partial charge in [-0.25, -0.2) is 4.79 Å². The van der Waals surface area contributed by atoms with Gasteiger partial charge in [-0.05, 0) is 37.3 Å². The molecule has 1 fully saturated rings. The number of amides is 2. The number of para-hydroxylation sites is 1. The Morgan fingerprint density at radius 2 is 1.85 bits per heavy atom. The van der Waals surface area contributed by atoms with Gasteiger partial charge in [0.1, 0.15) is 17.6 Å². The van der Waals surface area contributed by atoms with Crippen molar-refractivity contribution in [3.8, 4) is 11.5 Å². The summed E-state index contributed by atoms with van der Waals surface area (Å²) in [6, 6.07) is 15.1. The summed E-state index contributed by atoms with van der Waals surface area (Å²) in [5.41, 5.74) is 0.980. The van der Waals surface area contributed by atoms with Gasteiger partial charge in [-0.15, -0.1) is 0 Å². The molecule has 6 heteroatoms. The molecule has 1 aliphatic heterocycles. The third-order valence-electron chi connectivity index (χ3n) is 4.55. The molecule has 0 unspecified atom stereocenters. The van der Waals surface area contributed by atoms with Crippen LogP contribution in [-0.2, 0) is 6.54 Å². The minimum Gasteiger partial charge on any atom is -0.494 e. The van der Waals surface area contributed by atoms with Gasteiger partial charge in [0.15, 0.2) is 0 Å². The summed E-state index contributed by atoms with van der Waals surface area (Å²) < 4.78 is 11.6. The van der Waals surface area contributed by atoms with Crippen molar-refractivity contribution in [2.75, 3.05) is 19.7 Å². The first-order valence-corrected chi connectivity index (χ1v) is 9.69. The third-order valence-corrected chi connectivity index (χ3v) is 4.80. The number of urea groups is 1. The fourth-order valence-electron chi connectivity index (χ4n) is 3.11. The van der Waals surface area contributed by atoms with Crippen molar-refractivity contribution in [2.24, 2.45) is 0 Å². The first-order chi connectivity index (χ1) is 13.2. The fourth-order valence-corrected chi connectivity index (χ4v) is 3.24. The molecule has 0 spiro atoms. The Balaban J connectivity index is 1.45. The first-order valence-electron chi connectivity index (χ1n) is 9.31. The minimum absolute atomic E-state index is 0.0498. The molecule has 0 radical (unpaired) electrons. The van der Waals surface area contributed by atoms with E-state index in [0.717, 1.165) is 29.9 Å². The molecule has 1 saturated heterocycles. The molecule has 1 heterocycles. The Hall–Kier alpha value is -2.40. The number of hydrogen-bond acceptors (Lipinski definition) is 3. The largest absolute Gasteiger partial charge is 0.494 e. The Morgan fingerprint density at radius 3 is 2.56 bits per heavy atom. The molecule has 144 valence electrons. The molecule has 2 aromatic rings. The summed E-state index contributed by atoms with van der Waals surface area (Å²) in [5.74, 6) is 1.63. The van der Waals surface area contributed by atoms with Crippen LogP contribution in [-0.4, -0.2) is 36.7 Å². The Morgan fingerprint density at radius 1 is 1.15 bits per heavy atom. The van der Waals surface area contributed by atoms with Gasteiger partial charge in [0, 0.05) is 43.1 Å². The second-order valence-corrected chi connectivity index (χ2v) is 6.89. The van der Waals surface area contributed by atoms with E-state index in [1.807, 2.05) is 60.4 Å². The van der Waals surface area contributed by atoms with Crippen molar-refractivity contribution in [1.82, 2.24) is 10.2 Å². The van der Waals surface area contributed by atoms with Crippen LogP contribution in [0.3, 0.4) is 0 Å². The maximum Gasteiger partial charge on any atom is 0.317 e. The van der Waals surface area contributed by atoms with Crippen molar-refractivity contribution in [3.63, 3.8) is 0 Å². The number of carbonyl (C=O) groups excluding carboxylic acids is 1. The zero-order valence-corrected chi connectivity index (χ0v) is 16.2. The molecule has 0 aliphatic carbocycles. The van der Waals surface area contributed by atoms with E-state index in [2.05, 4.69) is 5.32 Å². The highest BCUT2D eigenvalue weighted by Gasteiger charge is 2.24. The molecule has 0 saturated carbocycles. The Kier molecular flexibility index (Phi) is 6.82. The number of benzene rings is 2. The van der Waals surface area contributed by atoms with Crippen LogP contribution in [0.5, 0.6) is 11.5 Å². The number of likely N-dealkylation sites (tertiary alicyclic amines) is 1. The lowest BCUT2D eigenvalue weighted by molar-refractivity contribution is 0.111. The minimum atomic E-state index is -0.0498. The maximum atomic E-state index is 12.5. The van der Waals surface area contributed by atoms with E-state index in [9.17, 15) is 4.79 Å². The smallest absolute Gasteiger partial charge is 0.317 e. The molecule has 0 bridgehead atoms. The molecular formula is C21H25ClN2O3. The summed E-state index contributed by atoms with van der Waals surface area (Å²) in [4.78, 5) is 14.3. The van der Waals surface area contributed by atoms with E-state index in [4.69, 9.17) is 21.1 Å². The van der Waals surface area contributed by atoms with Gasteiger partial charge >= 0.3 is 6.03 Å². The zero-order valence-electron chi connectivity index (χ0n) is 15.5. The number of rotatable bonds is 6. The summed E-state index contributed by atoms with van der Waals surface area (Å²) in [5, 5.41) is 3.68. The lowest BCUT2D eigenvalue weighted by Crippen LogP contribution is -2.46. The number of piperidine rings is 1. The molecule has 5 nitrogen and oxygen atoms in total. The van der Waals surface area contributed by atoms with E-state index >= 15 is 0 Å². The van der Waals surface area contributed by atoms with Gasteiger partial charge in [0.05, 0.1) is 6.61 Å². The van der Waals surface area contributed by atoms with E-state index < -0.39 is 0 Å². The van der Waals surface area contributed by atoms with E-state index in [1.165, 1.54) is 0 Å². The first kappa shape index (κ1) is 19.4. The Labute approximate surface area is 165 Å². The molecule has 2 aromatic carbocycles. The van der Waals surface area contributed by atoms with Crippen molar-refractivity contribution in [3.05, 3.63) is 59.1 Å². The molecular weight excluding hydrogens is 364 g/mol. The predicted molar refractivity (Wildman–Crippen MR) is 107 cm³/mol. The van der Waals surface area contributed by atoms with Gasteiger partial charge in [0.25, 0.3) is 0 Å². The average Bonchev–Trinajstić information content (AvgIpc) is 2.70. The van der Waals surface area contributed by atoms with Crippen LogP contribution in [0, 0.1) is 0 Å². The second-order valence-electron chi connectivity index (χ2n) is 6.46. The standard InChI is InChI=1S/C21H25ClN2O3/c1-2-26-20-6-4-3-5-16(20)15-23-21(25)24-13-11-19(12-14-24)27-18-9-7-17(22)8-10-18/h3-10,19H,2,11-15H2,1H3,(H,23,25). The van der Waals surface area contributed by atoms with Crippen LogP contribution in [0.1, 0.15) is 25.3 Å². The average molecular weight is 389 g/mol. The molecule has 2 amide bonds. The third kappa shape index (κ3) is 5.54. The van der Waals surface area contributed by atoms with Gasteiger partial charge in [-0.1, -0.05) is 29.8 Å². The lowest BCUT2D eigenvalue weighted by atomic mass is 10.1. The summed E-state index contributed by atoms with van der Waals surface area (Å²) in [7, 11) is 0. The van der Waals surface area contributed by atoms with Gasteiger partial charge in [-0.3, -0.25) is 0 Å². The van der Waals surface area contributed by atoms with Crippen LogP contribution in [0.4, 0.5) is 4.79 Å². The van der Waals surface area contributed by atoms with E-state index in [0.29, 0.717) is 31.3 Å². The van der Waals surface area contributed by atoms with E-state index in [1.54, 1.807) is 0 Å². The van der Waals surface area contributed by atoms with Gasteiger partial charge < -0.3 is 19.7 Å². The second kappa shape index (κ2) is 9.51. The topological polar surface area (TPSA) is 50.8 Å². The van der Waals surface area contributed by atoms with Crippen LogP contribution in [0.2, 0.25) is 5.02 Å². The van der Waals surface area contributed by atoms with Crippen LogP contribution >= 0.6 is 11.6 Å². The number of nitrogens with one attached hydrogen (secondary N) is 1. The zero-order chi connectivity index (χ0) is 19.1. The molecule has 27 heavy (non-hydrogen) atoms. The maximum absolute atomic E-state index is 12.5.